The van der Waals surface area contributed by atoms with Gasteiger partial charge in [-0.15, -0.1) is 0 Å². The molecule has 3 atom stereocenters. The van der Waals surface area contributed by atoms with E-state index in [1.807, 2.05) is 17.7 Å². The second-order valence-electron chi connectivity index (χ2n) is 6.42. The molecule has 6 nitrogen and oxygen atoms in total. The normalized spacial score (nSPS) is 24.4. The Morgan fingerprint density at radius 3 is 2.71 bits per heavy atom. The average Bonchev–Trinajstić information content (AvgIpc) is 2.93. The minimum Gasteiger partial charge on any atom is -0.389 e. The second-order valence-corrected chi connectivity index (χ2v) is 6.42. The van der Waals surface area contributed by atoms with Crippen molar-refractivity contribution >= 4 is 5.91 Å². The van der Waals surface area contributed by atoms with E-state index in [-0.39, 0.29) is 18.0 Å². The molecule has 0 spiro atoms. The van der Waals surface area contributed by atoms with E-state index in [0.29, 0.717) is 5.69 Å². The number of rotatable bonds is 3. The first-order chi connectivity index (χ1) is 11.6. The topological polar surface area (TPSA) is 71.2 Å². The van der Waals surface area contributed by atoms with Crippen LogP contribution in [0, 0.1) is 6.92 Å². The Kier molecular flexibility index (Phi) is 4.94. The smallest absolute Gasteiger partial charge is 0.272 e. The molecule has 2 aromatic rings. The molecule has 24 heavy (non-hydrogen) atoms. The van der Waals surface area contributed by atoms with Crippen molar-refractivity contribution in [2.75, 3.05) is 7.05 Å². The van der Waals surface area contributed by atoms with Gasteiger partial charge in [-0.2, -0.15) is 0 Å². The van der Waals surface area contributed by atoms with Crippen LogP contribution in [0.15, 0.2) is 36.8 Å². The Labute approximate surface area is 142 Å². The van der Waals surface area contributed by atoms with Gasteiger partial charge in [0.2, 0.25) is 0 Å². The third kappa shape index (κ3) is 3.19. The minimum absolute atomic E-state index is 0.0565. The summed E-state index contributed by atoms with van der Waals surface area (Å²) in [6.07, 6.45) is 8.35. The summed E-state index contributed by atoms with van der Waals surface area (Å²) < 4.78 is 2.03. The van der Waals surface area contributed by atoms with Crippen molar-refractivity contribution < 1.29 is 9.90 Å². The Bertz CT molecular complexity index is 685. The number of hydrogen-bond donors (Lipinski definition) is 1. The third-order valence-electron chi connectivity index (χ3n) is 4.96. The maximum absolute atomic E-state index is 12.7. The molecule has 2 aromatic heterocycles. The molecule has 128 valence electrons. The molecule has 1 amide bonds. The molecule has 0 aromatic carbocycles. The van der Waals surface area contributed by atoms with Crippen LogP contribution in [0.25, 0.3) is 0 Å². The van der Waals surface area contributed by atoms with Crippen molar-refractivity contribution in [1.82, 2.24) is 19.4 Å². The van der Waals surface area contributed by atoms with Crippen molar-refractivity contribution in [2.24, 2.45) is 0 Å². The molecule has 1 aliphatic carbocycles. The van der Waals surface area contributed by atoms with Crippen molar-refractivity contribution in [1.29, 1.82) is 0 Å². The zero-order chi connectivity index (χ0) is 17.1. The molecule has 1 saturated carbocycles. The summed E-state index contributed by atoms with van der Waals surface area (Å²) in [5, 5.41) is 11.0. The molecule has 1 fully saturated rings. The fourth-order valence-corrected chi connectivity index (χ4v) is 3.59. The summed E-state index contributed by atoms with van der Waals surface area (Å²) in [5.74, 6) is 0.737. The quantitative estimate of drug-likeness (QED) is 0.877. The Morgan fingerprint density at radius 2 is 2.04 bits per heavy atom. The van der Waals surface area contributed by atoms with E-state index in [0.717, 1.165) is 31.5 Å². The van der Waals surface area contributed by atoms with Crippen molar-refractivity contribution in [2.45, 2.75) is 50.8 Å². The fourth-order valence-electron chi connectivity index (χ4n) is 3.59. The van der Waals surface area contributed by atoms with Gasteiger partial charge >= 0.3 is 0 Å². The van der Waals surface area contributed by atoms with Crippen LogP contribution in [-0.2, 0) is 0 Å². The van der Waals surface area contributed by atoms with Crippen LogP contribution in [0.1, 0.15) is 48.0 Å². The lowest BCUT2D eigenvalue weighted by Gasteiger charge is -2.34. The second kappa shape index (κ2) is 7.13. The predicted octanol–water partition coefficient (Wildman–Crippen LogP) is 2.20. The zero-order valence-corrected chi connectivity index (χ0v) is 14.2. The van der Waals surface area contributed by atoms with Gasteiger partial charge in [-0.1, -0.05) is 18.9 Å². The number of carbonyl (C=O) groups excluding carboxylic acids is 1. The highest BCUT2D eigenvalue weighted by atomic mass is 16.3. The van der Waals surface area contributed by atoms with Gasteiger partial charge in [-0.25, -0.2) is 4.98 Å². The van der Waals surface area contributed by atoms with Crippen LogP contribution in [-0.4, -0.2) is 49.6 Å². The lowest BCUT2D eigenvalue weighted by Crippen LogP contribution is -2.47. The number of hydrogen-bond acceptors (Lipinski definition) is 4. The van der Waals surface area contributed by atoms with Gasteiger partial charge in [0.25, 0.3) is 5.91 Å². The highest BCUT2D eigenvalue weighted by molar-refractivity contribution is 5.92. The van der Waals surface area contributed by atoms with Gasteiger partial charge < -0.3 is 14.6 Å². The number of nitrogens with zero attached hydrogens (tertiary/aromatic N) is 4. The highest BCUT2D eigenvalue weighted by Crippen LogP contribution is 2.31. The van der Waals surface area contributed by atoms with Gasteiger partial charge in [-0.3, -0.25) is 9.78 Å². The number of amides is 1. The van der Waals surface area contributed by atoms with Crippen molar-refractivity contribution in [3.05, 3.63) is 48.3 Å². The van der Waals surface area contributed by atoms with Crippen LogP contribution < -0.4 is 0 Å². The Hall–Kier alpha value is -2.21. The minimum atomic E-state index is -0.627. The van der Waals surface area contributed by atoms with Crippen LogP contribution in [0.3, 0.4) is 0 Å². The van der Waals surface area contributed by atoms with E-state index < -0.39 is 6.10 Å². The first kappa shape index (κ1) is 16.6. The number of likely N-dealkylation sites (N-methyl/N-ethyl adjacent to an activating group) is 1. The van der Waals surface area contributed by atoms with E-state index >= 15 is 0 Å². The molecule has 1 N–H and O–H groups in total. The van der Waals surface area contributed by atoms with Crippen LogP contribution in [0.2, 0.25) is 0 Å². The summed E-state index contributed by atoms with van der Waals surface area (Å²) in [5.41, 5.74) is 0.409. The largest absolute Gasteiger partial charge is 0.389 e. The Balaban J connectivity index is 1.83. The molecular weight excluding hydrogens is 304 g/mol. The van der Waals surface area contributed by atoms with Gasteiger partial charge in [0, 0.05) is 25.6 Å². The van der Waals surface area contributed by atoms with E-state index in [4.69, 9.17) is 0 Å². The highest BCUT2D eigenvalue weighted by Gasteiger charge is 2.36. The number of aromatic nitrogens is 3. The van der Waals surface area contributed by atoms with Gasteiger partial charge in [-0.05, 0) is 31.9 Å². The van der Waals surface area contributed by atoms with Gasteiger partial charge in [0.05, 0.1) is 18.2 Å². The molecular formula is C18H24N4O2. The predicted molar refractivity (Wildman–Crippen MR) is 90.6 cm³/mol. The fraction of sp³-hybridized carbons (Fsp3) is 0.500. The average molecular weight is 328 g/mol. The number of imidazole rings is 1. The van der Waals surface area contributed by atoms with E-state index in [1.165, 1.54) is 0 Å². The number of aliphatic hydroxyl groups excluding tert-OH is 1. The van der Waals surface area contributed by atoms with Gasteiger partial charge in [0.15, 0.2) is 0 Å². The first-order valence-corrected chi connectivity index (χ1v) is 8.45. The molecule has 2 heterocycles. The Morgan fingerprint density at radius 1 is 1.25 bits per heavy atom. The number of aliphatic hydroxyl groups is 1. The SMILES string of the molecule is Cc1nccn1[C@@H]1CCCC[C@@H](N(C)C(=O)c2ccccn2)[C@H]1O. The maximum atomic E-state index is 12.7. The number of aryl methyl sites for hydroxylation is 1. The monoisotopic (exact) mass is 328 g/mol. The molecule has 0 bridgehead atoms. The molecule has 6 heteroatoms. The van der Waals surface area contributed by atoms with Crippen molar-refractivity contribution in [3.8, 4) is 0 Å². The molecule has 0 unspecified atom stereocenters. The maximum Gasteiger partial charge on any atom is 0.272 e. The van der Waals surface area contributed by atoms with Crippen LogP contribution in [0.5, 0.6) is 0 Å². The third-order valence-corrected chi connectivity index (χ3v) is 4.96. The van der Waals surface area contributed by atoms with Crippen molar-refractivity contribution in [3.63, 3.8) is 0 Å². The molecule has 0 radical (unpaired) electrons. The van der Waals surface area contributed by atoms with Gasteiger partial charge in [0.1, 0.15) is 11.5 Å². The molecule has 0 aliphatic heterocycles. The first-order valence-electron chi connectivity index (χ1n) is 8.45. The lowest BCUT2D eigenvalue weighted by molar-refractivity contribution is 0.0222. The number of carbonyl (C=O) groups is 1. The van der Waals surface area contributed by atoms with E-state index in [1.54, 1.807) is 42.5 Å². The standard InChI is InChI=1S/C18H24N4O2/c1-13-19-11-12-22(13)16-9-4-3-8-15(17(16)23)21(2)18(24)14-7-5-6-10-20-14/h5-7,10-12,15-17,23H,3-4,8-9H2,1-2H3/t15-,16-,17-/m1/s1. The summed E-state index contributed by atoms with van der Waals surface area (Å²) in [6, 6.07) is 5.01. The van der Waals surface area contributed by atoms with E-state index in [2.05, 4.69) is 9.97 Å². The summed E-state index contributed by atoms with van der Waals surface area (Å²) in [7, 11) is 1.76. The lowest BCUT2D eigenvalue weighted by atomic mass is 9.99. The zero-order valence-electron chi connectivity index (χ0n) is 14.2. The molecule has 1 aliphatic rings. The van der Waals surface area contributed by atoms with Crippen LogP contribution >= 0.6 is 0 Å². The summed E-state index contributed by atoms with van der Waals surface area (Å²) >= 11 is 0. The van der Waals surface area contributed by atoms with Crippen LogP contribution in [0.4, 0.5) is 0 Å². The summed E-state index contributed by atoms with van der Waals surface area (Å²) in [6.45, 7) is 1.94. The van der Waals surface area contributed by atoms with E-state index in [9.17, 15) is 9.90 Å². The molecule has 3 rings (SSSR count). The number of pyridine rings is 1. The molecule has 0 saturated heterocycles. The summed E-state index contributed by atoms with van der Waals surface area (Å²) in [4.78, 5) is 22.8.